The van der Waals surface area contributed by atoms with E-state index in [2.05, 4.69) is 103 Å². The molecule has 2 unspecified atom stereocenters. The number of hydrogen-bond acceptors (Lipinski definition) is 4. The minimum absolute atomic E-state index is 0.0745. The zero-order chi connectivity index (χ0) is 39.5. The number of carbonyl (C=O) groups is 2. The van der Waals surface area contributed by atoms with Gasteiger partial charge in [0.2, 0.25) is 0 Å². The summed E-state index contributed by atoms with van der Waals surface area (Å²) in [6, 6.07) is 9.17. The zero-order valence-electron chi connectivity index (χ0n) is 35.7. The summed E-state index contributed by atoms with van der Waals surface area (Å²) in [6.07, 6.45) is 19.2. The fraction of sp³-hybridized carbons (Fsp3) is 0.696. The summed E-state index contributed by atoms with van der Waals surface area (Å²) < 4.78 is 3.64. The van der Waals surface area contributed by atoms with Gasteiger partial charge in [0.1, 0.15) is 0 Å². The van der Waals surface area contributed by atoms with E-state index < -0.39 is 42.3 Å². The third-order valence-electron chi connectivity index (χ3n) is 10.6. The van der Waals surface area contributed by atoms with Gasteiger partial charge in [-0.25, -0.2) is 0 Å². The fourth-order valence-electron chi connectivity index (χ4n) is 7.94. The first kappa shape index (κ1) is 46.1. The summed E-state index contributed by atoms with van der Waals surface area (Å²) in [5.74, 6) is 1.03. The number of unbranched alkanes of at least 4 members (excludes halogenated alkanes) is 8. The molecule has 2 aromatic heterocycles. The summed E-state index contributed by atoms with van der Waals surface area (Å²) in [6.45, 7) is 24.7. The summed E-state index contributed by atoms with van der Waals surface area (Å²) >= 11 is 2.05. The van der Waals surface area contributed by atoms with Crippen molar-refractivity contribution in [3.63, 3.8) is 0 Å². The van der Waals surface area contributed by atoms with Gasteiger partial charge in [-0.3, -0.25) is 0 Å². The van der Waals surface area contributed by atoms with Crippen molar-refractivity contribution in [2.45, 2.75) is 179 Å². The van der Waals surface area contributed by atoms with Crippen LogP contribution in [0.25, 0.3) is 11.4 Å². The molecule has 54 heavy (non-hydrogen) atoms. The second-order valence-electron chi connectivity index (χ2n) is 18.1. The molecule has 4 nitrogen and oxygen atoms in total. The molecule has 2 atom stereocenters. The predicted octanol–water partition coefficient (Wildman–Crippen LogP) is 12.3. The molecule has 4 rings (SSSR count). The van der Waals surface area contributed by atoms with E-state index in [0.29, 0.717) is 42.9 Å². The molecule has 2 aliphatic heterocycles. The molecule has 0 bridgehead atoms. The van der Waals surface area contributed by atoms with Crippen LogP contribution in [-0.2, 0) is 9.59 Å². The van der Waals surface area contributed by atoms with E-state index in [1.54, 1.807) is 0 Å². The van der Waals surface area contributed by atoms with Gasteiger partial charge in [0.05, 0.1) is 0 Å². The Morgan fingerprint density at radius 1 is 0.519 bits per heavy atom. The van der Waals surface area contributed by atoms with Gasteiger partial charge in [0, 0.05) is 0 Å². The van der Waals surface area contributed by atoms with E-state index in [0.717, 1.165) is 46.8 Å². The number of thiophene rings is 2. The molecule has 0 aromatic carbocycles. The molecule has 2 aliphatic rings. The van der Waals surface area contributed by atoms with Crippen LogP contribution in [0.4, 0.5) is 0 Å². The molecular weight excluding hydrogens is 914 g/mol. The van der Waals surface area contributed by atoms with Gasteiger partial charge in [-0.1, -0.05) is 13.8 Å². The number of carbonyl (C=O) groups excluding carboxylic acids is 2. The van der Waals surface area contributed by atoms with E-state index in [1.807, 2.05) is 22.7 Å². The fourth-order valence-corrected chi connectivity index (χ4v) is 21.7. The molecular formula is C46H72N2O2S2Sn2. The van der Waals surface area contributed by atoms with Crippen molar-refractivity contribution in [1.82, 2.24) is 9.80 Å². The molecule has 0 spiro atoms. The Hall–Kier alpha value is -0.583. The van der Waals surface area contributed by atoms with Crippen LogP contribution in [0.1, 0.15) is 182 Å². The van der Waals surface area contributed by atoms with Crippen LogP contribution in [0.5, 0.6) is 0 Å². The van der Waals surface area contributed by atoms with Gasteiger partial charge in [0.15, 0.2) is 0 Å². The van der Waals surface area contributed by atoms with Crippen molar-refractivity contribution in [1.29, 1.82) is 0 Å². The van der Waals surface area contributed by atoms with Crippen molar-refractivity contribution >= 4 is 94.0 Å². The van der Waals surface area contributed by atoms with E-state index in [4.69, 9.17) is 0 Å². The predicted molar refractivity (Wildman–Crippen MR) is 240 cm³/mol. The summed E-state index contributed by atoms with van der Waals surface area (Å²) in [7, 11) is 0. The van der Waals surface area contributed by atoms with Crippen LogP contribution in [0.3, 0.4) is 0 Å². The Morgan fingerprint density at radius 3 is 1.20 bits per heavy atom. The second-order valence-corrected chi connectivity index (χ2v) is 35.4. The topological polar surface area (TPSA) is 40.6 Å². The molecule has 2 amide bonds. The van der Waals surface area contributed by atoms with Crippen molar-refractivity contribution in [3.8, 4) is 0 Å². The molecule has 4 heterocycles. The summed E-state index contributed by atoms with van der Waals surface area (Å²) in [4.78, 5) is 37.0. The van der Waals surface area contributed by atoms with Crippen molar-refractivity contribution in [3.05, 3.63) is 45.2 Å². The van der Waals surface area contributed by atoms with E-state index in [9.17, 15) is 0 Å². The molecule has 0 saturated carbocycles. The monoisotopic (exact) mass is 988 g/mol. The van der Waals surface area contributed by atoms with Crippen LogP contribution in [0.2, 0.25) is 6.86 Å². The standard InChI is InChI=1S/C38H54N2O2S2.2C4H9.2Sn/c1-5-9-13-15-21-29(19-11-7-3)27-39-35(31-23-17-25-43-31)33-34(37(39)41)36(32-24-18-26-44-32)40(38(33)42)28-30(20-12-8-4)22-16-14-10-6-2;2*1-4(2)3;;/h17-18,23-24,29-30H,5-16,19-22,27-28H2,1-4H3;2*1-3H3;;. The molecule has 0 saturated heterocycles. The first-order chi connectivity index (χ1) is 25.7. The van der Waals surface area contributed by atoms with Crippen LogP contribution in [0.15, 0.2) is 35.4 Å². The van der Waals surface area contributed by atoms with Crippen LogP contribution < -0.4 is 5.79 Å². The van der Waals surface area contributed by atoms with Gasteiger partial charge < -0.3 is 0 Å². The molecule has 4 radical (unpaired) electrons. The van der Waals surface area contributed by atoms with Crippen LogP contribution >= 0.6 is 22.7 Å². The first-order valence-electron chi connectivity index (χ1n) is 21.6. The van der Waals surface area contributed by atoms with Gasteiger partial charge >= 0.3 is 348 Å². The van der Waals surface area contributed by atoms with E-state index >= 15 is 9.59 Å². The Kier molecular flexibility index (Phi) is 18.8. The Morgan fingerprint density at radius 2 is 0.870 bits per heavy atom. The molecule has 0 aliphatic carbocycles. The summed E-state index contributed by atoms with van der Waals surface area (Å²) in [5, 5.41) is 0. The van der Waals surface area contributed by atoms with Crippen molar-refractivity contribution in [2.24, 2.45) is 11.8 Å². The quantitative estimate of drug-likeness (QED) is 0.0777. The van der Waals surface area contributed by atoms with Crippen molar-refractivity contribution < 1.29 is 9.59 Å². The molecule has 0 N–H and O–H groups in total. The third-order valence-corrected chi connectivity index (χ3v) is 22.2. The van der Waals surface area contributed by atoms with Gasteiger partial charge in [-0.15, -0.1) is 0 Å². The molecule has 298 valence electrons. The normalized spacial score (nSPS) is 16.4. The Balaban J connectivity index is 1.87. The third kappa shape index (κ3) is 13.2. The van der Waals surface area contributed by atoms with E-state index in [-0.39, 0.29) is 11.8 Å². The zero-order valence-corrected chi connectivity index (χ0v) is 43.1. The van der Waals surface area contributed by atoms with Gasteiger partial charge in [-0.05, 0) is 0 Å². The Bertz CT molecular complexity index is 1460. The van der Waals surface area contributed by atoms with Crippen LogP contribution in [0, 0.1) is 11.8 Å². The summed E-state index contributed by atoms with van der Waals surface area (Å²) in [5.41, 5.74) is 3.26. The SMILES string of the molecule is CCCCCCC(CCCC)CN1C(=O)C2=C(c3cc[c]([Sn][C](C)(C)C)s3)N(CC(CCCC)CCCCCC)C(=O)C2=C1c1cc[c]([Sn][C](C)(C)C)s1. The number of nitrogens with zero attached hydrogens (tertiary/aromatic N) is 2. The number of amides is 2. The number of rotatable bonds is 24. The molecule has 2 aromatic rings. The average Bonchev–Trinajstić information content (AvgIpc) is 3.87. The number of hydrogen-bond donors (Lipinski definition) is 0. The van der Waals surface area contributed by atoms with E-state index in [1.165, 1.54) is 82.8 Å². The first-order valence-corrected chi connectivity index (χ1v) is 28.9. The van der Waals surface area contributed by atoms with Crippen LogP contribution in [-0.4, -0.2) is 77.0 Å². The van der Waals surface area contributed by atoms with Gasteiger partial charge in [0.25, 0.3) is 0 Å². The molecule has 8 heteroatoms. The molecule has 0 fully saturated rings. The average molecular weight is 987 g/mol. The van der Waals surface area contributed by atoms with Crippen molar-refractivity contribution in [2.75, 3.05) is 13.1 Å². The maximum atomic E-state index is 15.3. The maximum absolute atomic E-state index is 15.3. The van der Waals surface area contributed by atoms with Gasteiger partial charge in [-0.2, -0.15) is 0 Å². The Labute approximate surface area is 359 Å². The second kappa shape index (κ2) is 22.0. The number of fused-ring (bicyclic) bond motifs is 1. The minimum atomic E-state index is -0.845.